The van der Waals surface area contributed by atoms with Gasteiger partial charge >= 0.3 is 0 Å². The molecule has 1 aromatic heterocycles. The van der Waals surface area contributed by atoms with Gasteiger partial charge in [-0.15, -0.1) is 5.10 Å². The van der Waals surface area contributed by atoms with Crippen LogP contribution in [0.2, 0.25) is 0 Å². The fourth-order valence-electron chi connectivity index (χ4n) is 2.22. The maximum atomic E-state index is 5.16. The van der Waals surface area contributed by atoms with Crippen molar-refractivity contribution >= 4 is 17.5 Å². The van der Waals surface area contributed by atoms with Crippen molar-refractivity contribution in [1.82, 2.24) is 15.2 Å². The maximum absolute atomic E-state index is 5.16. The van der Waals surface area contributed by atoms with Crippen LogP contribution in [0, 0.1) is 0 Å². The lowest BCUT2D eigenvalue weighted by Crippen LogP contribution is -2.08. The molecular formula is C18H19N5O. The van der Waals surface area contributed by atoms with Crippen LogP contribution in [0.3, 0.4) is 0 Å². The Labute approximate surface area is 140 Å². The van der Waals surface area contributed by atoms with Crippen LogP contribution in [0.5, 0.6) is 5.75 Å². The molecule has 0 aliphatic rings. The molecule has 122 valence electrons. The standard InChI is InChI=1S/C18H19N5O/c1-24-16-9-7-14(8-10-16)11-12-19-17-13-20-23-18(22-17)21-15-5-3-2-4-6-15/h2-10,13H,11-12H2,1H3,(H2,19,21,22,23). The Balaban J connectivity index is 1.54. The van der Waals surface area contributed by atoms with Gasteiger partial charge in [0.05, 0.1) is 13.3 Å². The maximum Gasteiger partial charge on any atom is 0.249 e. The zero-order chi connectivity index (χ0) is 16.6. The number of aromatic nitrogens is 3. The van der Waals surface area contributed by atoms with Crippen molar-refractivity contribution in [3.8, 4) is 5.75 Å². The van der Waals surface area contributed by atoms with Gasteiger partial charge in [0, 0.05) is 12.2 Å². The number of hydrogen-bond acceptors (Lipinski definition) is 6. The lowest BCUT2D eigenvalue weighted by molar-refractivity contribution is 0.414. The molecule has 0 saturated heterocycles. The van der Waals surface area contributed by atoms with Gasteiger partial charge in [-0.05, 0) is 36.2 Å². The van der Waals surface area contributed by atoms with E-state index in [4.69, 9.17) is 4.74 Å². The summed E-state index contributed by atoms with van der Waals surface area (Å²) in [5.41, 5.74) is 2.16. The normalized spacial score (nSPS) is 10.2. The molecule has 0 atom stereocenters. The lowest BCUT2D eigenvalue weighted by atomic mass is 10.1. The molecular weight excluding hydrogens is 302 g/mol. The summed E-state index contributed by atoms with van der Waals surface area (Å²) in [6, 6.07) is 17.8. The molecule has 0 radical (unpaired) electrons. The first kappa shape index (κ1) is 15.7. The van der Waals surface area contributed by atoms with Gasteiger partial charge in [-0.1, -0.05) is 30.3 Å². The Morgan fingerprint density at radius 1 is 1.00 bits per heavy atom. The van der Waals surface area contributed by atoms with Crippen LogP contribution in [-0.2, 0) is 6.42 Å². The van der Waals surface area contributed by atoms with Crippen LogP contribution in [0.15, 0.2) is 60.8 Å². The molecule has 24 heavy (non-hydrogen) atoms. The molecule has 2 aromatic carbocycles. The number of para-hydroxylation sites is 1. The molecule has 0 bridgehead atoms. The largest absolute Gasteiger partial charge is 0.497 e. The summed E-state index contributed by atoms with van der Waals surface area (Å²) in [7, 11) is 1.67. The zero-order valence-corrected chi connectivity index (χ0v) is 13.4. The minimum Gasteiger partial charge on any atom is -0.497 e. The monoisotopic (exact) mass is 321 g/mol. The Morgan fingerprint density at radius 2 is 1.79 bits per heavy atom. The predicted octanol–water partition coefficient (Wildman–Crippen LogP) is 3.28. The highest BCUT2D eigenvalue weighted by atomic mass is 16.5. The summed E-state index contributed by atoms with van der Waals surface area (Å²) in [6.45, 7) is 0.760. The van der Waals surface area contributed by atoms with Gasteiger partial charge in [-0.3, -0.25) is 0 Å². The third kappa shape index (κ3) is 4.42. The fourth-order valence-corrected chi connectivity index (χ4v) is 2.22. The third-order valence-corrected chi connectivity index (χ3v) is 3.47. The Kier molecular flexibility index (Phi) is 5.19. The minimum absolute atomic E-state index is 0.468. The SMILES string of the molecule is COc1ccc(CCNc2cnnc(Nc3ccccc3)n2)cc1. The Morgan fingerprint density at radius 3 is 2.54 bits per heavy atom. The van der Waals surface area contributed by atoms with Crippen molar-refractivity contribution in [2.75, 3.05) is 24.3 Å². The molecule has 1 heterocycles. The first-order chi connectivity index (χ1) is 11.8. The summed E-state index contributed by atoms with van der Waals surface area (Å²) in [6.07, 6.45) is 2.50. The zero-order valence-electron chi connectivity index (χ0n) is 13.4. The molecule has 2 N–H and O–H groups in total. The highest BCUT2D eigenvalue weighted by molar-refractivity contribution is 5.53. The van der Waals surface area contributed by atoms with Crippen molar-refractivity contribution in [2.24, 2.45) is 0 Å². The van der Waals surface area contributed by atoms with E-state index in [-0.39, 0.29) is 0 Å². The van der Waals surface area contributed by atoms with E-state index in [1.807, 2.05) is 42.5 Å². The molecule has 0 aliphatic carbocycles. The molecule has 0 aliphatic heterocycles. The number of anilines is 3. The first-order valence-electron chi connectivity index (χ1n) is 7.72. The van der Waals surface area contributed by atoms with Crippen LogP contribution in [0.1, 0.15) is 5.56 Å². The summed E-state index contributed by atoms with van der Waals surface area (Å²) in [4.78, 5) is 4.41. The van der Waals surface area contributed by atoms with Crippen molar-refractivity contribution < 1.29 is 4.74 Å². The Bertz CT molecular complexity index is 762. The highest BCUT2D eigenvalue weighted by Crippen LogP contribution is 2.13. The number of nitrogens with one attached hydrogen (secondary N) is 2. The molecule has 0 amide bonds. The molecule has 6 nitrogen and oxygen atoms in total. The van der Waals surface area contributed by atoms with Crippen LogP contribution < -0.4 is 15.4 Å². The number of hydrogen-bond donors (Lipinski definition) is 2. The van der Waals surface area contributed by atoms with Crippen molar-refractivity contribution in [3.05, 3.63) is 66.4 Å². The van der Waals surface area contributed by atoms with E-state index < -0.39 is 0 Å². The predicted molar refractivity (Wildman–Crippen MR) is 94.7 cm³/mol. The van der Waals surface area contributed by atoms with Gasteiger partial charge in [-0.2, -0.15) is 10.1 Å². The summed E-state index contributed by atoms with van der Waals surface area (Å²) < 4.78 is 5.16. The number of ether oxygens (including phenoxy) is 1. The van der Waals surface area contributed by atoms with E-state index in [2.05, 4.69) is 37.9 Å². The molecule has 6 heteroatoms. The van der Waals surface area contributed by atoms with Gasteiger partial charge in [0.1, 0.15) is 5.75 Å². The highest BCUT2D eigenvalue weighted by Gasteiger charge is 2.01. The number of rotatable bonds is 7. The van der Waals surface area contributed by atoms with Crippen molar-refractivity contribution in [3.63, 3.8) is 0 Å². The van der Waals surface area contributed by atoms with E-state index in [1.165, 1.54) is 5.56 Å². The topological polar surface area (TPSA) is 72.0 Å². The van der Waals surface area contributed by atoms with E-state index >= 15 is 0 Å². The van der Waals surface area contributed by atoms with Gasteiger partial charge in [0.25, 0.3) is 0 Å². The molecule has 0 spiro atoms. The van der Waals surface area contributed by atoms with Gasteiger partial charge < -0.3 is 15.4 Å². The average Bonchev–Trinajstić information content (AvgIpc) is 2.63. The molecule has 0 unspecified atom stereocenters. The fraction of sp³-hybridized carbons (Fsp3) is 0.167. The number of nitrogens with zero attached hydrogens (tertiary/aromatic N) is 3. The minimum atomic E-state index is 0.468. The molecule has 3 aromatic rings. The molecule has 3 rings (SSSR count). The second kappa shape index (κ2) is 7.92. The first-order valence-corrected chi connectivity index (χ1v) is 7.72. The molecule has 0 saturated carbocycles. The summed E-state index contributed by atoms with van der Waals surface area (Å²) >= 11 is 0. The van der Waals surface area contributed by atoms with Gasteiger partial charge in [0.2, 0.25) is 5.95 Å². The summed E-state index contributed by atoms with van der Waals surface area (Å²) in [5, 5.41) is 14.4. The van der Waals surface area contributed by atoms with E-state index in [0.717, 1.165) is 24.4 Å². The van der Waals surface area contributed by atoms with Crippen LogP contribution in [0.25, 0.3) is 0 Å². The quantitative estimate of drug-likeness (QED) is 0.696. The smallest absolute Gasteiger partial charge is 0.249 e. The van der Waals surface area contributed by atoms with E-state index in [9.17, 15) is 0 Å². The third-order valence-electron chi connectivity index (χ3n) is 3.47. The van der Waals surface area contributed by atoms with Gasteiger partial charge in [-0.25, -0.2) is 0 Å². The second-order valence-corrected chi connectivity index (χ2v) is 5.18. The van der Waals surface area contributed by atoms with Crippen molar-refractivity contribution in [1.29, 1.82) is 0 Å². The van der Waals surface area contributed by atoms with Crippen LogP contribution >= 0.6 is 0 Å². The summed E-state index contributed by atoms with van der Waals surface area (Å²) in [5.74, 6) is 2.02. The van der Waals surface area contributed by atoms with E-state index in [1.54, 1.807) is 13.3 Å². The Hall–Kier alpha value is -3.15. The van der Waals surface area contributed by atoms with Crippen LogP contribution in [-0.4, -0.2) is 28.8 Å². The van der Waals surface area contributed by atoms with E-state index in [0.29, 0.717) is 11.8 Å². The number of methoxy groups -OCH3 is 1. The van der Waals surface area contributed by atoms with Crippen molar-refractivity contribution in [2.45, 2.75) is 6.42 Å². The average molecular weight is 321 g/mol. The van der Waals surface area contributed by atoms with Crippen LogP contribution in [0.4, 0.5) is 17.5 Å². The van der Waals surface area contributed by atoms with Gasteiger partial charge in [0.15, 0.2) is 5.82 Å². The number of benzene rings is 2. The molecule has 0 fully saturated rings. The lowest BCUT2D eigenvalue weighted by Gasteiger charge is -2.08. The second-order valence-electron chi connectivity index (χ2n) is 5.18.